The van der Waals surface area contributed by atoms with Gasteiger partial charge < -0.3 is 10.1 Å². The van der Waals surface area contributed by atoms with Crippen molar-refractivity contribution in [3.8, 4) is 5.75 Å². The van der Waals surface area contributed by atoms with E-state index in [2.05, 4.69) is 5.32 Å². The number of aryl methyl sites for hydroxylation is 1. The zero-order valence-electron chi connectivity index (χ0n) is 14.0. The van der Waals surface area contributed by atoms with Crippen molar-refractivity contribution in [1.29, 1.82) is 0 Å². The number of hydrogen-bond donors (Lipinski definition) is 1. The van der Waals surface area contributed by atoms with E-state index in [4.69, 9.17) is 4.74 Å². The molecule has 2 aromatic rings. The summed E-state index contributed by atoms with van der Waals surface area (Å²) in [5.41, 5.74) is 2.20. The lowest BCUT2D eigenvalue weighted by molar-refractivity contribution is 0.102. The number of amides is 1. The van der Waals surface area contributed by atoms with Gasteiger partial charge in [-0.1, -0.05) is 12.1 Å². The fourth-order valence-corrected chi connectivity index (χ4v) is 2.73. The summed E-state index contributed by atoms with van der Waals surface area (Å²) in [6.45, 7) is 1.79. The summed E-state index contributed by atoms with van der Waals surface area (Å²) in [6, 6.07) is 11.9. The van der Waals surface area contributed by atoms with Crippen LogP contribution < -0.4 is 14.4 Å². The van der Waals surface area contributed by atoms with Crippen LogP contribution in [0, 0.1) is 6.92 Å². The molecule has 7 heteroatoms. The highest BCUT2D eigenvalue weighted by atomic mass is 32.2. The van der Waals surface area contributed by atoms with Crippen molar-refractivity contribution in [2.45, 2.75) is 6.92 Å². The lowest BCUT2D eigenvalue weighted by Gasteiger charge is -2.19. The minimum Gasteiger partial charge on any atom is -0.497 e. The average molecular weight is 348 g/mol. The third-order valence-electron chi connectivity index (χ3n) is 3.64. The minimum absolute atomic E-state index is 0.327. The van der Waals surface area contributed by atoms with Crippen LogP contribution in [0.5, 0.6) is 5.75 Å². The Hall–Kier alpha value is -2.54. The van der Waals surface area contributed by atoms with E-state index in [0.717, 1.165) is 16.1 Å². The molecule has 1 amide bonds. The fraction of sp³-hybridized carbons (Fsp3) is 0.235. The van der Waals surface area contributed by atoms with Crippen molar-refractivity contribution in [2.75, 3.05) is 30.0 Å². The van der Waals surface area contributed by atoms with E-state index < -0.39 is 10.0 Å². The molecule has 6 nitrogen and oxygen atoms in total. The minimum atomic E-state index is -3.40. The van der Waals surface area contributed by atoms with E-state index in [0.29, 0.717) is 22.7 Å². The Balaban J connectivity index is 2.30. The second-order valence-electron chi connectivity index (χ2n) is 5.42. The van der Waals surface area contributed by atoms with Crippen LogP contribution in [0.1, 0.15) is 15.9 Å². The number of carbonyl (C=O) groups is 1. The molecule has 0 bridgehead atoms. The van der Waals surface area contributed by atoms with Gasteiger partial charge in [-0.25, -0.2) is 8.42 Å². The summed E-state index contributed by atoms with van der Waals surface area (Å²) in [7, 11) is -0.394. The van der Waals surface area contributed by atoms with Gasteiger partial charge in [0.2, 0.25) is 10.0 Å². The molecule has 0 atom stereocenters. The molecule has 128 valence electrons. The second-order valence-corrected chi connectivity index (χ2v) is 7.43. The van der Waals surface area contributed by atoms with Crippen LogP contribution in [-0.4, -0.2) is 34.7 Å². The van der Waals surface area contributed by atoms with Gasteiger partial charge in [-0.3, -0.25) is 9.10 Å². The molecule has 0 unspecified atom stereocenters. The molecule has 0 saturated carbocycles. The number of rotatable bonds is 5. The van der Waals surface area contributed by atoms with Gasteiger partial charge in [0, 0.05) is 24.4 Å². The normalized spacial score (nSPS) is 11.0. The first kappa shape index (κ1) is 17.8. The Morgan fingerprint density at radius 2 is 1.88 bits per heavy atom. The molecular formula is C17H20N2O4S. The van der Waals surface area contributed by atoms with E-state index in [-0.39, 0.29) is 5.91 Å². The quantitative estimate of drug-likeness (QED) is 0.901. The van der Waals surface area contributed by atoms with Gasteiger partial charge in [0.15, 0.2) is 0 Å². The average Bonchev–Trinajstić information content (AvgIpc) is 2.53. The summed E-state index contributed by atoms with van der Waals surface area (Å²) in [5, 5.41) is 2.77. The smallest absolute Gasteiger partial charge is 0.255 e. The van der Waals surface area contributed by atoms with Crippen molar-refractivity contribution in [3.63, 3.8) is 0 Å². The number of hydrogen-bond acceptors (Lipinski definition) is 4. The van der Waals surface area contributed by atoms with E-state index >= 15 is 0 Å². The summed E-state index contributed by atoms with van der Waals surface area (Å²) < 4.78 is 29.8. The third-order valence-corrected chi connectivity index (χ3v) is 4.83. The molecule has 1 N–H and O–H groups in total. The summed E-state index contributed by atoms with van der Waals surface area (Å²) in [6.07, 6.45) is 1.12. The number of nitrogens with zero attached hydrogens (tertiary/aromatic N) is 1. The molecule has 0 fully saturated rings. The Morgan fingerprint density at radius 3 is 2.50 bits per heavy atom. The van der Waals surface area contributed by atoms with Crippen molar-refractivity contribution in [3.05, 3.63) is 53.6 Å². The predicted molar refractivity (Wildman–Crippen MR) is 95.4 cm³/mol. The first-order valence-corrected chi connectivity index (χ1v) is 9.07. The maximum atomic E-state index is 12.4. The fourth-order valence-electron chi connectivity index (χ4n) is 2.17. The molecule has 0 aliphatic carbocycles. The molecule has 0 saturated heterocycles. The molecule has 0 spiro atoms. The summed E-state index contributed by atoms with van der Waals surface area (Å²) >= 11 is 0. The zero-order chi connectivity index (χ0) is 17.9. The van der Waals surface area contributed by atoms with Crippen molar-refractivity contribution in [1.82, 2.24) is 0 Å². The second kappa shape index (κ2) is 6.92. The van der Waals surface area contributed by atoms with Crippen molar-refractivity contribution in [2.24, 2.45) is 0 Å². The number of benzene rings is 2. The largest absolute Gasteiger partial charge is 0.497 e. The molecule has 0 aliphatic heterocycles. The zero-order valence-corrected chi connectivity index (χ0v) is 14.8. The highest BCUT2D eigenvalue weighted by Gasteiger charge is 2.16. The standard InChI is InChI=1S/C17H20N2O4S/c1-12-8-9-13(10-16(12)19(2)24(4,21)22)17(20)18-14-6-5-7-15(11-14)23-3/h5-11H,1-4H3,(H,18,20). The van der Waals surface area contributed by atoms with Gasteiger partial charge >= 0.3 is 0 Å². The van der Waals surface area contributed by atoms with Gasteiger partial charge in [0.25, 0.3) is 5.91 Å². The Labute approximate surface area is 142 Å². The molecule has 0 radical (unpaired) electrons. The predicted octanol–water partition coefficient (Wildman–Crippen LogP) is 2.65. The number of sulfonamides is 1. The third kappa shape index (κ3) is 4.05. The van der Waals surface area contributed by atoms with Crippen LogP contribution in [0.4, 0.5) is 11.4 Å². The molecular weight excluding hydrogens is 328 g/mol. The Bertz CT molecular complexity index is 863. The van der Waals surface area contributed by atoms with Crippen LogP contribution in [0.15, 0.2) is 42.5 Å². The Morgan fingerprint density at radius 1 is 1.17 bits per heavy atom. The molecule has 0 aromatic heterocycles. The summed E-state index contributed by atoms with van der Waals surface area (Å²) in [5.74, 6) is 0.306. The highest BCUT2D eigenvalue weighted by Crippen LogP contribution is 2.24. The van der Waals surface area contributed by atoms with E-state index in [1.54, 1.807) is 56.5 Å². The number of anilines is 2. The van der Waals surface area contributed by atoms with Gasteiger partial charge in [-0.2, -0.15) is 0 Å². The highest BCUT2D eigenvalue weighted by molar-refractivity contribution is 7.92. The van der Waals surface area contributed by atoms with Gasteiger partial charge in [0.1, 0.15) is 5.75 Å². The molecule has 0 heterocycles. The van der Waals surface area contributed by atoms with Gasteiger partial charge in [0.05, 0.1) is 19.1 Å². The molecule has 0 aliphatic rings. The first-order valence-electron chi connectivity index (χ1n) is 7.22. The van der Waals surface area contributed by atoms with Crippen LogP contribution >= 0.6 is 0 Å². The van der Waals surface area contributed by atoms with Crippen LogP contribution in [0.25, 0.3) is 0 Å². The van der Waals surface area contributed by atoms with Crippen LogP contribution in [0.3, 0.4) is 0 Å². The lowest BCUT2D eigenvalue weighted by atomic mass is 10.1. The number of nitrogens with one attached hydrogen (secondary N) is 1. The van der Waals surface area contributed by atoms with Crippen molar-refractivity contribution >= 4 is 27.3 Å². The topological polar surface area (TPSA) is 75.7 Å². The van der Waals surface area contributed by atoms with Gasteiger partial charge in [-0.15, -0.1) is 0 Å². The maximum absolute atomic E-state index is 12.4. The summed E-state index contributed by atoms with van der Waals surface area (Å²) in [4.78, 5) is 12.4. The number of methoxy groups -OCH3 is 1. The Kier molecular flexibility index (Phi) is 5.14. The van der Waals surface area contributed by atoms with E-state index in [1.807, 2.05) is 0 Å². The van der Waals surface area contributed by atoms with Crippen molar-refractivity contribution < 1.29 is 17.9 Å². The SMILES string of the molecule is COc1cccc(NC(=O)c2ccc(C)c(N(C)S(C)(=O)=O)c2)c1. The van der Waals surface area contributed by atoms with E-state index in [1.165, 1.54) is 7.05 Å². The molecule has 2 aromatic carbocycles. The van der Waals surface area contributed by atoms with Crippen LogP contribution in [0.2, 0.25) is 0 Å². The molecule has 2 rings (SSSR count). The molecule has 24 heavy (non-hydrogen) atoms. The van der Waals surface area contributed by atoms with Crippen LogP contribution in [-0.2, 0) is 10.0 Å². The first-order chi connectivity index (χ1) is 11.2. The van der Waals surface area contributed by atoms with Gasteiger partial charge in [-0.05, 0) is 36.8 Å². The van der Waals surface area contributed by atoms with E-state index in [9.17, 15) is 13.2 Å². The maximum Gasteiger partial charge on any atom is 0.255 e. The number of ether oxygens (including phenoxy) is 1. The lowest BCUT2D eigenvalue weighted by Crippen LogP contribution is -2.26. The number of carbonyl (C=O) groups excluding carboxylic acids is 1. The monoisotopic (exact) mass is 348 g/mol.